The molecule has 0 unspecified atom stereocenters. The summed E-state index contributed by atoms with van der Waals surface area (Å²) in [6.45, 7) is 1.78. The first-order chi connectivity index (χ1) is 13.9. The monoisotopic (exact) mass is 408 g/mol. The van der Waals surface area contributed by atoms with Crippen molar-refractivity contribution < 1.29 is 19.1 Å². The number of aryl methyl sites for hydroxylation is 1. The smallest absolute Gasteiger partial charge is 0.337 e. The number of hydrogen-bond donors (Lipinski definition) is 1. The molecule has 4 rings (SSSR count). The molecule has 0 aliphatic carbocycles. The highest BCUT2D eigenvalue weighted by molar-refractivity contribution is 6.35. The van der Waals surface area contributed by atoms with Gasteiger partial charge in [-0.1, -0.05) is 35.9 Å². The molecule has 0 saturated carbocycles. The Balaban J connectivity index is 1.94. The van der Waals surface area contributed by atoms with E-state index in [0.717, 1.165) is 0 Å². The predicted molar refractivity (Wildman–Crippen MR) is 108 cm³/mol. The van der Waals surface area contributed by atoms with E-state index in [1.165, 1.54) is 41.2 Å². The topological polar surface area (TPSA) is 72.2 Å². The predicted octanol–water partition coefficient (Wildman–Crippen LogP) is 5.06. The molecule has 0 saturated heterocycles. The molecule has 0 bridgehead atoms. The SMILES string of the molecule is Cc1cccc(Cl)c1C(=O)c1cn(-c2ccc(C(=O)O)cn2)c2c(F)cccc12. The molecule has 1 N–H and O–H groups in total. The van der Waals surface area contributed by atoms with Crippen molar-refractivity contribution in [3.05, 3.63) is 94.0 Å². The minimum atomic E-state index is -1.11. The number of fused-ring (bicyclic) bond motifs is 1. The van der Waals surface area contributed by atoms with Crippen LogP contribution < -0.4 is 0 Å². The van der Waals surface area contributed by atoms with E-state index in [0.29, 0.717) is 27.4 Å². The number of halogens is 2. The van der Waals surface area contributed by atoms with Gasteiger partial charge in [0.2, 0.25) is 0 Å². The number of aromatic nitrogens is 2. The minimum absolute atomic E-state index is 0.00803. The first-order valence-electron chi connectivity index (χ1n) is 8.67. The van der Waals surface area contributed by atoms with Crippen molar-refractivity contribution in [2.24, 2.45) is 0 Å². The average molecular weight is 409 g/mol. The summed E-state index contributed by atoms with van der Waals surface area (Å²) in [4.78, 5) is 28.5. The summed E-state index contributed by atoms with van der Waals surface area (Å²) < 4.78 is 16.1. The number of para-hydroxylation sites is 1. The Morgan fingerprint density at radius 3 is 2.52 bits per heavy atom. The number of carbonyl (C=O) groups is 2. The van der Waals surface area contributed by atoms with Crippen LogP contribution in [0.15, 0.2) is 60.9 Å². The molecule has 2 heterocycles. The van der Waals surface area contributed by atoms with Crippen LogP contribution in [-0.2, 0) is 0 Å². The van der Waals surface area contributed by atoms with E-state index < -0.39 is 11.8 Å². The molecule has 0 amide bonds. The highest BCUT2D eigenvalue weighted by Gasteiger charge is 2.23. The van der Waals surface area contributed by atoms with Crippen LogP contribution in [0.2, 0.25) is 5.02 Å². The van der Waals surface area contributed by atoms with Crippen LogP contribution in [-0.4, -0.2) is 26.4 Å². The van der Waals surface area contributed by atoms with Gasteiger partial charge in [-0.05, 0) is 36.8 Å². The molecule has 0 atom stereocenters. The Hall–Kier alpha value is -3.51. The number of hydrogen-bond acceptors (Lipinski definition) is 3. The minimum Gasteiger partial charge on any atom is -0.478 e. The third-order valence-electron chi connectivity index (χ3n) is 4.71. The van der Waals surface area contributed by atoms with Gasteiger partial charge in [0.1, 0.15) is 11.6 Å². The van der Waals surface area contributed by atoms with Gasteiger partial charge in [0.25, 0.3) is 0 Å². The highest BCUT2D eigenvalue weighted by Crippen LogP contribution is 2.31. The number of nitrogens with zero attached hydrogens (tertiary/aromatic N) is 2. The van der Waals surface area contributed by atoms with Crippen molar-refractivity contribution in [3.8, 4) is 5.82 Å². The van der Waals surface area contributed by atoms with Gasteiger partial charge < -0.3 is 5.11 Å². The quantitative estimate of drug-likeness (QED) is 0.479. The Bertz CT molecular complexity index is 1260. The maximum Gasteiger partial charge on any atom is 0.337 e. The van der Waals surface area contributed by atoms with Gasteiger partial charge in [0.05, 0.1) is 16.1 Å². The summed E-state index contributed by atoms with van der Waals surface area (Å²) >= 11 is 6.26. The molecular weight excluding hydrogens is 395 g/mol. The fourth-order valence-corrected chi connectivity index (χ4v) is 3.62. The zero-order valence-corrected chi connectivity index (χ0v) is 15.9. The molecule has 7 heteroatoms. The number of rotatable bonds is 4. The number of pyridine rings is 1. The summed E-state index contributed by atoms with van der Waals surface area (Å²) in [7, 11) is 0. The molecule has 2 aromatic carbocycles. The lowest BCUT2D eigenvalue weighted by molar-refractivity contribution is 0.0696. The standard InChI is InChI=1S/C22H14ClFN2O3/c1-12-4-2-6-16(23)19(12)21(27)15-11-26(20-14(15)5-3-7-17(20)24)18-9-8-13(10-25-18)22(28)29/h2-11H,1H3,(H,28,29). The third kappa shape index (κ3) is 3.17. The first kappa shape index (κ1) is 18.8. The molecular formula is C22H14ClFN2O3. The van der Waals surface area contributed by atoms with Crippen molar-refractivity contribution in [2.45, 2.75) is 6.92 Å². The molecule has 0 fully saturated rings. The van der Waals surface area contributed by atoms with Crippen LogP contribution in [0.1, 0.15) is 31.8 Å². The van der Waals surface area contributed by atoms with Gasteiger partial charge in [-0.2, -0.15) is 0 Å². The zero-order chi connectivity index (χ0) is 20.7. The molecule has 29 heavy (non-hydrogen) atoms. The van der Waals surface area contributed by atoms with Crippen LogP contribution in [0.3, 0.4) is 0 Å². The van der Waals surface area contributed by atoms with Crippen LogP contribution in [0.5, 0.6) is 0 Å². The molecule has 144 valence electrons. The molecule has 4 aromatic rings. The second-order valence-electron chi connectivity index (χ2n) is 6.52. The largest absolute Gasteiger partial charge is 0.478 e. The van der Waals surface area contributed by atoms with E-state index >= 15 is 0 Å². The van der Waals surface area contributed by atoms with Gasteiger partial charge in [-0.15, -0.1) is 0 Å². The lowest BCUT2D eigenvalue weighted by Crippen LogP contribution is -2.04. The van der Waals surface area contributed by atoms with Crippen molar-refractivity contribution in [2.75, 3.05) is 0 Å². The van der Waals surface area contributed by atoms with Gasteiger partial charge in [0, 0.05) is 28.9 Å². The second kappa shape index (κ2) is 7.14. The normalized spacial score (nSPS) is 11.0. The van der Waals surface area contributed by atoms with Crippen LogP contribution in [0.4, 0.5) is 4.39 Å². The van der Waals surface area contributed by atoms with E-state index in [-0.39, 0.29) is 22.4 Å². The number of ketones is 1. The maximum absolute atomic E-state index is 14.7. The van der Waals surface area contributed by atoms with Gasteiger partial charge in [-0.3, -0.25) is 9.36 Å². The Morgan fingerprint density at radius 2 is 1.86 bits per heavy atom. The number of benzene rings is 2. The van der Waals surface area contributed by atoms with Crippen molar-refractivity contribution in [1.82, 2.24) is 9.55 Å². The summed E-state index contributed by atoms with van der Waals surface area (Å²) in [5.41, 5.74) is 1.53. The maximum atomic E-state index is 14.7. The molecule has 0 spiro atoms. The molecule has 0 radical (unpaired) electrons. The Morgan fingerprint density at radius 1 is 1.10 bits per heavy atom. The number of carboxylic acid groups (broad SMARTS) is 1. The lowest BCUT2D eigenvalue weighted by Gasteiger charge is -2.06. The summed E-state index contributed by atoms with van der Waals surface area (Å²) in [6, 6.07) is 12.5. The average Bonchev–Trinajstić information content (AvgIpc) is 3.09. The van der Waals surface area contributed by atoms with Crippen LogP contribution >= 0.6 is 11.6 Å². The number of carbonyl (C=O) groups excluding carboxylic acids is 1. The Kier molecular flexibility index (Phi) is 4.64. The second-order valence-corrected chi connectivity index (χ2v) is 6.93. The molecule has 5 nitrogen and oxygen atoms in total. The summed E-state index contributed by atoms with van der Waals surface area (Å²) in [5, 5.41) is 9.78. The highest BCUT2D eigenvalue weighted by atomic mass is 35.5. The number of aromatic carboxylic acids is 1. The van der Waals surface area contributed by atoms with E-state index in [4.69, 9.17) is 16.7 Å². The van der Waals surface area contributed by atoms with E-state index in [2.05, 4.69) is 4.98 Å². The van der Waals surface area contributed by atoms with Gasteiger partial charge in [-0.25, -0.2) is 14.2 Å². The van der Waals surface area contributed by atoms with Gasteiger partial charge in [0.15, 0.2) is 5.78 Å². The molecule has 0 aliphatic heterocycles. The van der Waals surface area contributed by atoms with E-state index in [1.54, 1.807) is 31.2 Å². The lowest BCUT2D eigenvalue weighted by atomic mass is 9.98. The number of carboxylic acids is 1. The third-order valence-corrected chi connectivity index (χ3v) is 5.03. The van der Waals surface area contributed by atoms with Crippen LogP contribution in [0, 0.1) is 12.7 Å². The summed E-state index contributed by atoms with van der Waals surface area (Å²) in [5.74, 6) is -1.68. The molecule has 2 aromatic heterocycles. The fourth-order valence-electron chi connectivity index (χ4n) is 3.31. The Labute approximate surface area is 170 Å². The zero-order valence-electron chi connectivity index (χ0n) is 15.2. The molecule has 0 aliphatic rings. The van der Waals surface area contributed by atoms with E-state index in [1.807, 2.05) is 0 Å². The van der Waals surface area contributed by atoms with Crippen LogP contribution in [0.25, 0.3) is 16.7 Å². The van der Waals surface area contributed by atoms with Gasteiger partial charge >= 0.3 is 5.97 Å². The summed E-state index contributed by atoms with van der Waals surface area (Å²) in [6.07, 6.45) is 2.69. The van der Waals surface area contributed by atoms with Crippen molar-refractivity contribution in [3.63, 3.8) is 0 Å². The first-order valence-corrected chi connectivity index (χ1v) is 9.05. The van der Waals surface area contributed by atoms with Crippen molar-refractivity contribution >= 4 is 34.3 Å². The van der Waals surface area contributed by atoms with Crippen molar-refractivity contribution in [1.29, 1.82) is 0 Å². The fraction of sp³-hybridized carbons (Fsp3) is 0.0455. The van der Waals surface area contributed by atoms with E-state index in [9.17, 15) is 14.0 Å².